The van der Waals surface area contributed by atoms with E-state index in [0.717, 1.165) is 5.56 Å². The smallest absolute Gasteiger partial charge is 0.326 e. The van der Waals surface area contributed by atoms with Crippen LogP contribution in [-0.4, -0.2) is 41.0 Å². The van der Waals surface area contributed by atoms with Crippen molar-refractivity contribution in [3.63, 3.8) is 0 Å². The molecule has 0 fully saturated rings. The van der Waals surface area contributed by atoms with E-state index < -0.39 is 30.1 Å². The number of carboxylic acid groups (broad SMARTS) is 1. The van der Waals surface area contributed by atoms with Crippen molar-refractivity contribution in [3.05, 3.63) is 59.7 Å². The fourth-order valence-electron chi connectivity index (χ4n) is 3.82. The molecule has 1 aliphatic heterocycles. The summed E-state index contributed by atoms with van der Waals surface area (Å²) in [6, 6.07) is 11.9. The molecule has 3 atom stereocenters. The van der Waals surface area contributed by atoms with E-state index in [0.29, 0.717) is 12.2 Å². The molecular formula is C24H28N2O5. The molecule has 2 aromatic rings. The summed E-state index contributed by atoms with van der Waals surface area (Å²) in [5, 5.41) is 9.90. The molecule has 7 nitrogen and oxygen atoms in total. The van der Waals surface area contributed by atoms with Crippen LogP contribution in [0.4, 0.5) is 5.69 Å². The third-order valence-electron chi connectivity index (χ3n) is 5.29. The molecule has 1 aliphatic rings. The number of nitrogens with two attached hydrogens (primary N) is 1. The van der Waals surface area contributed by atoms with Crippen LogP contribution in [0.1, 0.15) is 43.1 Å². The van der Waals surface area contributed by atoms with E-state index in [1.807, 2.05) is 38.1 Å². The molecule has 1 heterocycles. The van der Waals surface area contributed by atoms with Gasteiger partial charge in [-0.25, -0.2) is 4.79 Å². The molecule has 3 unspecified atom stereocenters. The number of carboxylic acids is 1. The van der Waals surface area contributed by atoms with Gasteiger partial charge in [0.15, 0.2) is 6.10 Å². The number of aliphatic carboxylic acids is 1. The van der Waals surface area contributed by atoms with Gasteiger partial charge in [-0.2, -0.15) is 0 Å². The van der Waals surface area contributed by atoms with Crippen LogP contribution >= 0.6 is 0 Å². The van der Waals surface area contributed by atoms with Crippen LogP contribution in [0.3, 0.4) is 0 Å². The Hall–Kier alpha value is -3.19. The predicted molar refractivity (Wildman–Crippen MR) is 117 cm³/mol. The molecule has 0 bridgehead atoms. The van der Waals surface area contributed by atoms with Gasteiger partial charge < -0.3 is 15.6 Å². The largest absolute Gasteiger partial charge is 0.482 e. The van der Waals surface area contributed by atoms with E-state index in [1.54, 1.807) is 24.3 Å². The van der Waals surface area contributed by atoms with Crippen molar-refractivity contribution in [2.24, 2.45) is 11.7 Å². The third-order valence-corrected chi connectivity index (χ3v) is 5.29. The first-order chi connectivity index (χ1) is 14.7. The molecule has 0 aliphatic carbocycles. The lowest BCUT2D eigenvalue weighted by atomic mass is 9.96. The summed E-state index contributed by atoms with van der Waals surface area (Å²) >= 11 is 0. The van der Waals surface area contributed by atoms with Crippen molar-refractivity contribution in [2.45, 2.75) is 51.8 Å². The van der Waals surface area contributed by atoms with Gasteiger partial charge in [-0.15, -0.1) is 0 Å². The topological polar surface area (TPSA) is 110 Å². The summed E-state index contributed by atoms with van der Waals surface area (Å²) < 4.78 is 5.84. The molecule has 1 amide bonds. The Morgan fingerprint density at radius 3 is 2.35 bits per heavy atom. The van der Waals surface area contributed by atoms with Gasteiger partial charge in [0, 0.05) is 12.0 Å². The zero-order valence-corrected chi connectivity index (χ0v) is 17.9. The van der Waals surface area contributed by atoms with Gasteiger partial charge in [-0.3, -0.25) is 14.5 Å². The van der Waals surface area contributed by atoms with Crippen molar-refractivity contribution in [2.75, 3.05) is 4.90 Å². The van der Waals surface area contributed by atoms with Gasteiger partial charge in [0.1, 0.15) is 11.8 Å². The number of anilines is 1. The Labute approximate surface area is 181 Å². The maximum atomic E-state index is 13.4. The lowest BCUT2D eigenvalue weighted by molar-refractivity contribution is -0.140. The van der Waals surface area contributed by atoms with E-state index in [9.17, 15) is 19.5 Å². The SMILES string of the molecule is CC(C)CC(C(=O)O)N(C(=O)C(C)N)c1ccccc1C(=O)C1Cc2ccccc2O1. The molecule has 3 N–H and O–H groups in total. The molecule has 31 heavy (non-hydrogen) atoms. The number of hydrogen-bond donors (Lipinski definition) is 2. The summed E-state index contributed by atoms with van der Waals surface area (Å²) in [6.45, 7) is 5.26. The van der Waals surface area contributed by atoms with Crippen LogP contribution in [0.25, 0.3) is 0 Å². The molecule has 0 aromatic heterocycles. The Kier molecular flexibility index (Phi) is 6.75. The number of amides is 1. The number of ether oxygens (including phenoxy) is 1. The Balaban J connectivity index is 2.02. The molecule has 0 radical (unpaired) electrons. The first kappa shape index (κ1) is 22.5. The summed E-state index contributed by atoms with van der Waals surface area (Å²) in [5.74, 6) is -1.33. The monoisotopic (exact) mass is 424 g/mol. The minimum absolute atomic E-state index is 0.0139. The second kappa shape index (κ2) is 9.31. The minimum Gasteiger partial charge on any atom is -0.482 e. The number of rotatable bonds is 8. The highest BCUT2D eigenvalue weighted by Gasteiger charge is 2.37. The van der Waals surface area contributed by atoms with Crippen LogP contribution in [0.2, 0.25) is 0 Å². The van der Waals surface area contributed by atoms with E-state index in [-0.39, 0.29) is 29.4 Å². The third kappa shape index (κ3) is 4.77. The van der Waals surface area contributed by atoms with Crippen LogP contribution in [0.5, 0.6) is 5.75 Å². The van der Waals surface area contributed by atoms with Crippen molar-refractivity contribution >= 4 is 23.3 Å². The average molecular weight is 424 g/mol. The molecule has 2 aromatic carbocycles. The van der Waals surface area contributed by atoms with Crippen molar-refractivity contribution in [1.29, 1.82) is 0 Å². The number of ketones is 1. The number of carbonyl (C=O) groups is 3. The Morgan fingerprint density at radius 1 is 1.10 bits per heavy atom. The van der Waals surface area contributed by atoms with E-state index >= 15 is 0 Å². The van der Waals surface area contributed by atoms with Gasteiger partial charge in [0.05, 0.1) is 11.7 Å². The highest BCUT2D eigenvalue weighted by Crippen LogP contribution is 2.33. The zero-order valence-electron chi connectivity index (χ0n) is 17.9. The number of fused-ring (bicyclic) bond motifs is 1. The van der Waals surface area contributed by atoms with E-state index in [1.165, 1.54) is 11.8 Å². The first-order valence-corrected chi connectivity index (χ1v) is 10.4. The quantitative estimate of drug-likeness (QED) is 0.630. The van der Waals surface area contributed by atoms with E-state index in [2.05, 4.69) is 0 Å². The number of benzene rings is 2. The maximum Gasteiger partial charge on any atom is 0.326 e. The Bertz CT molecular complexity index is 960. The molecule has 3 rings (SSSR count). The Morgan fingerprint density at radius 2 is 1.74 bits per heavy atom. The highest BCUT2D eigenvalue weighted by molar-refractivity contribution is 6.10. The first-order valence-electron chi connectivity index (χ1n) is 10.4. The van der Waals surface area contributed by atoms with Crippen molar-refractivity contribution in [1.82, 2.24) is 0 Å². The molecule has 0 saturated heterocycles. The van der Waals surface area contributed by atoms with Crippen molar-refractivity contribution in [3.8, 4) is 5.75 Å². The normalized spacial score (nSPS) is 16.9. The predicted octanol–water partition coefficient (Wildman–Crippen LogP) is 3.05. The number of carbonyl (C=O) groups excluding carboxylic acids is 2. The van der Waals surface area contributed by atoms with Gasteiger partial charge >= 0.3 is 5.97 Å². The highest BCUT2D eigenvalue weighted by atomic mass is 16.5. The number of hydrogen-bond acceptors (Lipinski definition) is 5. The average Bonchev–Trinajstić information content (AvgIpc) is 3.16. The molecule has 164 valence electrons. The lowest BCUT2D eigenvalue weighted by Crippen LogP contribution is -2.52. The summed E-state index contributed by atoms with van der Waals surface area (Å²) in [7, 11) is 0. The van der Waals surface area contributed by atoms with Crippen molar-refractivity contribution < 1.29 is 24.2 Å². The second-order valence-corrected chi connectivity index (χ2v) is 8.28. The van der Waals surface area contributed by atoms with Gasteiger partial charge in [0.25, 0.3) is 0 Å². The molecule has 0 spiro atoms. The van der Waals surface area contributed by atoms with E-state index in [4.69, 9.17) is 10.5 Å². The van der Waals surface area contributed by atoms with Crippen LogP contribution in [0.15, 0.2) is 48.5 Å². The summed E-state index contributed by atoms with van der Waals surface area (Å²) in [5.41, 5.74) is 7.27. The number of Topliss-reactive ketones (excluding diaryl/α,β-unsaturated/α-hetero) is 1. The number of nitrogens with zero attached hydrogens (tertiary/aromatic N) is 1. The number of para-hydroxylation sites is 2. The fourth-order valence-corrected chi connectivity index (χ4v) is 3.82. The second-order valence-electron chi connectivity index (χ2n) is 8.28. The fraction of sp³-hybridized carbons (Fsp3) is 0.375. The van der Waals surface area contributed by atoms with Crippen LogP contribution < -0.4 is 15.4 Å². The van der Waals surface area contributed by atoms with Crippen LogP contribution in [-0.2, 0) is 16.0 Å². The summed E-state index contributed by atoms with van der Waals surface area (Å²) in [6.07, 6.45) is -0.0974. The zero-order chi connectivity index (χ0) is 22.7. The van der Waals surface area contributed by atoms with Gasteiger partial charge in [-0.05, 0) is 43.0 Å². The molecule has 0 saturated carbocycles. The maximum absolute atomic E-state index is 13.4. The van der Waals surface area contributed by atoms with Gasteiger partial charge in [-0.1, -0.05) is 44.2 Å². The molecule has 7 heteroatoms. The summed E-state index contributed by atoms with van der Waals surface area (Å²) in [4.78, 5) is 39.7. The van der Waals surface area contributed by atoms with Crippen LogP contribution in [0, 0.1) is 5.92 Å². The van der Waals surface area contributed by atoms with Gasteiger partial charge in [0.2, 0.25) is 11.7 Å². The molecular weight excluding hydrogens is 396 g/mol. The standard InChI is InChI=1S/C24H28N2O5/c1-14(2)12-19(24(29)30)26(23(28)15(3)25)18-10-6-5-9-17(18)22(27)21-13-16-8-4-7-11-20(16)31-21/h4-11,14-15,19,21H,12-13,25H2,1-3H3,(H,29,30). The lowest BCUT2D eigenvalue weighted by Gasteiger charge is -2.33. The minimum atomic E-state index is -1.14.